The summed E-state index contributed by atoms with van der Waals surface area (Å²) < 4.78 is 30.7. The number of aromatic nitrogens is 3. The van der Waals surface area contributed by atoms with Crippen LogP contribution in [0, 0.1) is 29.9 Å². The van der Waals surface area contributed by atoms with Gasteiger partial charge in [-0.1, -0.05) is 0 Å². The van der Waals surface area contributed by atoms with Crippen molar-refractivity contribution in [2.75, 3.05) is 10.6 Å². The molecule has 4 rings (SSSR count). The first-order chi connectivity index (χ1) is 15.9. The van der Waals surface area contributed by atoms with Gasteiger partial charge in [0, 0.05) is 34.9 Å². The van der Waals surface area contributed by atoms with Gasteiger partial charge in [-0.3, -0.25) is 9.78 Å². The lowest BCUT2D eigenvalue weighted by Crippen LogP contribution is -2.14. The van der Waals surface area contributed by atoms with Crippen molar-refractivity contribution in [2.45, 2.75) is 13.3 Å². The highest BCUT2D eigenvalue weighted by Gasteiger charge is 2.19. The van der Waals surface area contributed by atoms with Crippen LogP contribution < -0.4 is 10.6 Å². The smallest absolute Gasteiger partial charge is 0.258 e. The second kappa shape index (κ2) is 9.50. The summed E-state index contributed by atoms with van der Waals surface area (Å²) in [5.74, 6) is -1.82. The Bertz CT molecular complexity index is 1350. The molecule has 4 aromatic rings. The molecule has 0 aliphatic carbocycles. The van der Waals surface area contributed by atoms with Crippen LogP contribution >= 0.6 is 11.5 Å². The SMILES string of the molecule is Cc1nsc(Cc2ccc(C#N)cn2)c1C(=O)Nc1ccc(Nc2ccc(F)c(F)c2)nc1. The molecular formula is C23H16F2N6OS. The van der Waals surface area contributed by atoms with Gasteiger partial charge in [-0.05, 0) is 54.9 Å². The molecule has 1 aromatic carbocycles. The molecule has 0 aliphatic heterocycles. The largest absolute Gasteiger partial charge is 0.340 e. The van der Waals surface area contributed by atoms with Crippen molar-refractivity contribution >= 4 is 34.6 Å². The Morgan fingerprint density at radius 2 is 1.88 bits per heavy atom. The highest BCUT2D eigenvalue weighted by molar-refractivity contribution is 7.06. The van der Waals surface area contributed by atoms with E-state index >= 15 is 0 Å². The van der Waals surface area contributed by atoms with E-state index in [2.05, 4.69) is 25.0 Å². The van der Waals surface area contributed by atoms with Crippen LogP contribution in [-0.4, -0.2) is 20.2 Å². The summed E-state index contributed by atoms with van der Waals surface area (Å²) in [5.41, 5.74) is 3.07. The summed E-state index contributed by atoms with van der Waals surface area (Å²) in [6, 6.07) is 12.1. The highest BCUT2D eigenvalue weighted by atomic mass is 32.1. The lowest BCUT2D eigenvalue weighted by atomic mass is 10.1. The van der Waals surface area contributed by atoms with Crippen LogP contribution in [0.15, 0.2) is 54.9 Å². The number of nitriles is 1. The predicted octanol–water partition coefficient (Wildman–Crippen LogP) is 4.98. The van der Waals surface area contributed by atoms with Crippen molar-refractivity contribution in [1.29, 1.82) is 5.26 Å². The number of carbonyl (C=O) groups excluding carboxylic acids is 1. The van der Waals surface area contributed by atoms with Gasteiger partial charge in [-0.2, -0.15) is 9.64 Å². The van der Waals surface area contributed by atoms with Gasteiger partial charge < -0.3 is 10.6 Å². The summed E-state index contributed by atoms with van der Waals surface area (Å²) in [7, 11) is 0. The number of benzene rings is 1. The number of pyridine rings is 2. The summed E-state index contributed by atoms with van der Waals surface area (Å²) >= 11 is 1.23. The molecule has 164 valence electrons. The topological polar surface area (TPSA) is 104 Å². The average Bonchev–Trinajstić information content (AvgIpc) is 3.18. The number of rotatable bonds is 6. The molecule has 0 radical (unpaired) electrons. The van der Waals surface area contributed by atoms with Crippen LogP contribution in [-0.2, 0) is 6.42 Å². The molecule has 0 fully saturated rings. The first kappa shape index (κ1) is 22.0. The van der Waals surface area contributed by atoms with Gasteiger partial charge in [0.15, 0.2) is 11.6 Å². The molecular weight excluding hydrogens is 446 g/mol. The third kappa shape index (κ3) is 5.16. The molecule has 0 atom stereocenters. The Labute approximate surface area is 191 Å². The normalized spacial score (nSPS) is 10.5. The van der Waals surface area contributed by atoms with E-state index in [4.69, 9.17) is 5.26 Å². The zero-order valence-electron chi connectivity index (χ0n) is 17.3. The average molecular weight is 462 g/mol. The quantitative estimate of drug-likeness (QED) is 0.419. The minimum Gasteiger partial charge on any atom is -0.340 e. The molecule has 0 unspecified atom stereocenters. The third-order valence-corrected chi connectivity index (χ3v) is 5.60. The molecule has 2 N–H and O–H groups in total. The van der Waals surface area contributed by atoms with Gasteiger partial charge in [0.05, 0.1) is 28.7 Å². The van der Waals surface area contributed by atoms with Crippen LogP contribution in [0.2, 0.25) is 0 Å². The fraction of sp³-hybridized carbons (Fsp3) is 0.0870. The van der Waals surface area contributed by atoms with E-state index in [0.717, 1.165) is 22.7 Å². The number of aryl methyl sites for hydroxylation is 1. The number of hydrogen-bond donors (Lipinski definition) is 2. The maximum Gasteiger partial charge on any atom is 0.258 e. The Hall–Kier alpha value is -4.23. The molecule has 33 heavy (non-hydrogen) atoms. The molecule has 0 saturated heterocycles. The lowest BCUT2D eigenvalue weighted by Gasteiger charge is -2.09. The second-order valence-corrected chi connectivity index (χ2v) is 7.89. The van der Waals surface area contributed by atoms with Crippen molar-refractivity contribution < 1.29 is 13.6 Å². The van der Waals surface area contributed by atoms with Crippen LogP contribution in [0.4, 0.5) is 26.0 Å². The minimum absolute atomic E-state index is 0.326. The fourth-order valence-electron chi connectivity index (χ4n) is 3.05. The molecule has 7 nitrogen and oxygen atoms in total. The van der Waals surface area contributed by atoms with Gasteiger partial charge >= 0.3 is 0 Å². The third-order valence-electron chi connectivity index (χ3n) is 4.67. The van der Waals surface area contributed by atoms with E-state index in [9.17, 15) is 13.6 Å². The second-order valence-electron chi connectivity index (χ2n) is 7.03. The summed E-state index contributed by atoms with van der Waals surface area (Å²) in [5, 5.41) is 14.6. The summed E-state index contributed by atoms with van der Waals surface area (Å²) in [4.78, 5) is 22.1. The van der Waals surface area contributed by atoms with E-state index in [1.165, 1.54) is 30.0 Å². The van der Waals surface area contributed by atoms with Crippen molar-refractivity contribution in [3.05, 3.63) is 93.9 Å². The van der Waals surface area contributed by atoms with Crippen molar-refractivity contribution in [2.24, 2.45) is 0 Å². The zero-order chi connectivity index (χ0) is 23.4. The number of carbonyl (C=O) groups is 1. The van der Waals surface area contributed by atoms with Gasteiger partial charge in [0.2, 0.25) is 0 Å². The van der Waals surface area contributed by atoms with Gasteiger partial charge in [0.1, 0.15) is 11.9 Å². The first-order valence-corrected chi connectivity index (χ1v) is 10.5. The van der Waals surface area contributed by atoms with Crippen molar-refractivity contribution in [3.8, 4) is 6.07 Å². The molecule has 0 saturated carbocycles. The minimum atomic E-state index is -0.962. The number of anilines is 3. The number of nitrogens with one attached hydrogen (secondary N) is 2. The van der Waals surface area contributed by atoms with E-state index in [-0.39, 0.29) is 5.91 Å². The van der Waals surface area contributed by atoms with E-state index < -0.39 is 11.6 Å². The molecule has 0 bridgehead atoms. The molecule has 3 aromatic heterocycles. The molecule has 0 aliphatic rings. The lowest BCUT2D eigenvalue weighted by molar-refractivity contribution is 0.102. The Morgan fingerprint density at radius 1 is 1.06 bits per heavy atom. The highest BCUT2D eigenvalue weighted by Crippen LogP contribution is 2.24. The van der Waals surface area contributed by atoms with Crippen molar-refractivity contribution in [1.82, 2.24) is 14.3 Å². The number of nitrogens with zero attached hydrogens (tertiary/aromatic N) is 4. The van der Waals surface area contributed by atoms with Gasteiger partial charge in [-0.15, -0.1) is 0 Å². The monoisotopic (exact) mass is 462 g/mol. The maximum atomic E-state index is 13.4. The molecule has 1 amide bonds. The van der Waals surface area contributed by atoms with E-state index in [1.54, 1.807) is 31.2 Å². The Kier molecular flexibility index (Phi) is 6.33. The molecule has 10 heteroatoms. The van der Waals surface area contributed by atoms with E-state index in [1.807, 2.05) is 6.07 Å². The fourth-order valence-corrected chi connectivity index (χ4v) is 3.93. The first-order valence-electron chi connectivity index (χ1n) is 9.72. The van der Waals surface area contributed by atoms with Crippen LogP contribution in [0.5, 0.6) is 0 Å². The Balaban J connectivity index is 1.45. The standard InChI is InChI=1S/C23H16F2N6OS/c1-13-22(20(33-31-13)9-15-3-2-14(10-26)11-27-15)23(32)30-17-5-7-21(28-12-17)29-16-4-6-18(24)19(25)8-16/h2-8,11-12H,9H2,1H3,(H,28,29)(H,30,32). The predicted molar refractivity (Wildman–Crippen MR) is 120 cm³/mol. The number of halogens is 2. The van der Waals surface area contributed by atoms with Crippen LogP contribution in [0.25, 0.3) is 0 Å². The van der Waals surface area contributed by atoms with Gasteiger partial charge in [-0.25, -0.2) is 13.8 Å². The number of amides is 1. The van der Waals surface area contributed by atoms with Gasteiger partial charge in [0.25, 0.3) is 5.91 Å². The van der Waals surface area contributed by atoms with Crippen LogP contribution in [0.3, 0.4) is 0 Å². The summed E-state index contributed by atoms with van der Waals surface area (Å²) in [6.07, 6.45) is 3.36. The maximum absolute atomic E-state index is 13.4. The number of hydrogen-bond acceptors (Lipinski definition) is 7. The summed E-state index contributed by atoms with van der Waals surface area (Å²) in [6.45, 7) is 1.76. The van der Waals surface area contributed by atoms with Crippen molar-refractivity contribution in [3.63, 3.8) is 0 Å². The van der Waals surface area contributed by atoms with E-state index in [0.29, 0.717) is 40.4 Å². The zero-order valence-corrected chi connectivity index (χ0v) is 18.1. The van der Waals surface area contributed by atoms with Crippen LogP contribution in [0.1, 0.15) is 32.2 Å². The molecule has 3 heterocycles. The Morgan fingerprint density at radius 3 is 2.55 bits per heavy atom. The molecule has 0 spiro atoms.